The molecule has 0 aliphatic rings. The quantitative estimate of drug-likeness (QED) is 0.535. The maximum absolute atomic E-state index is 12.4. The zero-order valence-electron chi connectivity index (χ0n) is 13.8. The molecule has 0 bridgehead atoms. The van der Waals surface area contributed by atoms with Gasteiger partial charge in [0.25, 0.3) is 0 Å². The van der Waals surface area contributed by atoms with E-state index in [1.807, 2.05) is 30.3 Å². The topological polar surface area (TPSA) is 61.8 Å². The highest BCUT2D eigenvalue weighted by atomic mass is 16.6. The first-order chi connectivity index (χ1) is 12.1. The molecular formula is C20H16O5. The molecule has 5 heteroatoms. The van der Waals surface area contributed by atoms with Gasteiger partial charge < -0.3 is 14.2 Å². The first kappa shape index (κ1) is 16.5. The highest BCUT2D eigenvalue weighted by molar-refractivity contribution is 5.97. The number of carbonyl (C=O) groups is 2. The minimum atomic E-state index is -0.505. The van der Waals surface area contributed by atoms with Gasteiger partial charge in [-0.1, -0.05) is 30.3 Å². The lowest BCUT2D eigenvalue weighted by atomic mass is 10.1. The van der Waals surface area contributed by atoms with Crippen molar-refractivity contribution < 1.29 is 23.8 Å². The maximum atomic E-state index is 12.4. The summed E-state index contributed by atoms with van der Waals surface area (Å²) in [5.74, 6) is -0.495. The van der Waals surface area contributed by atoms with Gasteiger partial charge in [0, 0.05) is 0 Å². The molecule has 25 heavy (non-hydrogen) atoms. The number of benzene rings is 3. The monoisotopic (exact) mass is 336 g/mol. The van der Waals surface area contributed by atoms with Crippen LogP contribution in [0.4, 0.5) is 0 Å². The van der Waals surface area contributed by atoms with E-state index >= 15 is 0 Å². The van der Waals surface area contributed by atoms with Crippen LogP contribution >= 0.6 is 0 Å². The van der Waals surface area contributed by atoms with Gasteiger partial charge in [0.05, 0.1) is 25.3 Å². The van der Waals surface area contributed by atoms with Crippen molar-refractivity contribution in [3.05, 3.63) is 71.8 Å². The molecule has 0 aliphatic carbocycles. The summed E-state index contributed by atoms with van der Waals surface area (Å²) in [6.07, 6.45) is 0. The highest BCUT2D eigenvalue weighted by Gasteiger charge is 2.15. The number of hydrogen-bond donors (Lipinski definition) is 0. The minimum absolute atomic E-state index is 0.230. The van der Waals surface area contributed by atoms with Crippen LogP contribution in [0.2, 0.25) is 0 Å². The third-order valence-electron chi connectivity index (χ3n) is 3.77. The van der Waals surface area contributed by atoms with Crippen molar-refractivity contribution in [2.24, 2.45) is 0 Å². The third-order valence-corrected chi connectivity index (χ3v) is 3.77. The largest absolute Gasteiger partial charge is 0.493 e. The first-order valence-electron chi connectivity index (χ1n) is 7.59. The Hall–Kier alpha value is -3.34. The summed E-state index contributed by atoms with van der Waals surface area (Å²) in [7, 11) is 2.73. The van der Waals surface area contributed by atoms with Gasteiger partial charge in [-0.15, -0.1) is 0 Å². The fraction of sp³-hybridized carbons (Fsp3) is 0.100. The van der Waals surface area contributed by atoms with Crippen LogP contribution in [0.25, 0.3) is 10.8 Å². The lowest BCUT2D eigenvalue weighted by Crippen LogP contribution is -2.10. The van der Waals surface area contributed by atoms with Crippen LogP contribution < -0.4 is 9.47 Å². The van der Waals surface area contributed by atoms with Crippen LogP contribution in [0.3, 0.4) is 0 Å². The van der Waals surface area contributed by atoms with E-state index in [9.17, 15) is 9.59 Å². The van der Waals surface area contributed by atoms with E-state index in [0.29, 0.717) is 11.1 Å². The molecule has 0 saturated heterocycles. The van der Waals surface area contributed by atoms with Crippen LogP contribution in [-0.2, 0) is 4.74 Å². The summed E-state index contributed by atoms with van der Waals surface area (Å²) in [4.78, 5) is 24.0. The van der Waals surface area contributed by atoms with E-state index in [2.05, 4.69) is 4.74 Å². The van der Waals surface area contributed by atoms with Crippen LogP contribution in [0, 0.1) is 0 Å². The molecule has 0 amide bonds. The van der Waals surface area contributed by atoms with Gasteiger partial charge >= 0.3 is 11.9 Å². The molecule has 126 valence electrons. The molecule has 0 spiro atoms. The summed E-state index contributed by atoms with van der Waals surface area (Å²) >= 11 is 0. The lowest BCUT2D eigenvalue weighted by Gasteiger charge is -2.11. The molecule has 0 saturated carbocycles. The molecule has 0 heterocycles. The molecule has 0 aliphatic heterocycles. The average molecular weight is 336 g/mol. The standard InChI is InChI=1S/C20H16O5/c1-23-18-12-16(19(21)24-2)9-10-17(18)25-20(22)15-8-7-13-5-3-4-6-14(13)11-15/h3-12H,1-2H3. The number of ether oxygens (including phenoxy) is 3. The van der Waals surface area contributed by atoms with E-state index in [0.717, 1.165) is 10.8 Å². The smallest absolute Gasteiger partial charge is 0.343 e. The summed E-state index contributed by atoms with van der Waals surface area (Å²) < 4.78 is 15.3. The minimum Gasteiger partial charge on any atom is -0.493 e. The third kappa shape index (κ3) is 3.45. The van der Waals surface area contributed by atoms with E-state index in [1.54, 1.807) is 12.1 Å². The van der Waals surface area contributed by atoms with Gasteiger partial charge in [-0.25, -0.2) is 9.59 Å². The normalized spacial score (nSPS) is 10.3. The van der Waals surface area contributed by atoms with Gasteiger partial charge in [-0.3, -0.25) is 0 Å². The molecule has 0 N–H and O–H groups in total. The number of esters is 2. The van der Waals surface area contributed by atoms with Gasteiger partial charge in [0.2, 0.25) is 0 Å². The number of rotatable bonds is 4. The second-order valence-electron chi connectivity index (χ2n) is 5.31. The fourth-order valence-corrected chi connectivity index (χ4v) is 2.47. The summed E-state index contributed by atoms with van der Waals surface area (Å²) in [5, 5.41) is 1.99. The predicted octanol–water partition coefficient (Wildman–Crippen LogP) is 3.85. The zero-order chi connectivity index (χ0) is 17.8. The van der Waals surface area contributed by atoms with Crippen molar-refractivity contribution >= 4 is 22.7 Å². The Labute approximate surface area is 144 Å². The van der Waals surface area contributed by atoms with Gasteiger partial charge in [-0.2, -0.15) is 0 Å². The second-order valence-corrected chi connectivity index (χ2v) is 5.31. The second kappa shape index (κ2) is 7.05. The average Bonchev–Trinajstić information content (AvgIpc) is 2.67. The Bertz CT molecular complexity index is 946. The molecule has 0 unspecified atom stereocenters. The van der Waals surface area contributed by atoms with E-state index < -0.39 is 11.9 Å². The number of fused-ring (bicyclic) bond motifs is 1. The fourth-order valence-electron chi connectivity index (χ4n) is 2.47. The first-order valence-corrected chi connectivity index (χ1v) is 7.59. The summed E-state index contributed by atoms with van der Waals surface area (Å²) in [6.45, 7) is 0. The van der Waals surface area contributed by atoms with Crippen LogP contribution in [-0.4, -0.2) is 26.2 Å². The molecule has 0 fully saturated rings. The Balaban J connectivity index is 1.87. The van der Waals surface area contributed by atoms with Crippen LogP contribution in [0.15, 0.2) is 60.7 Å². The number of methoxy groups -OCH3 is 2. The molecule has 0 atom stereocenters. The van der Waals surface area contributed by atoms with Crippen LogP contribution in [0.1, 0.15) is 20.7 Å². The molecule has 5 nitrogen and oxygen atoms in total. The van der Waals surface area contributed by atoms with Crippen molar-refractivity contribution in [2.45, 2.75) is 0 Å². The maximum Gasteiger partial charge on any atom is 0.343 e. The molecule has 3 rings (SSSR count). The van der Waals surface area contributed by atoms with Crippen molar-refractivity contribution in [1.29, 1.82) is 0 Å². The van der Waals surface area contributed by atoms with E-state index in [4.69, 9.17) is 9.47 Å². The summed E-state index contributed by atoms with van der Waals surface area (Å²) in [6, 6.07) is 17.6. The van der Waals surface area contributed by atoms with Gasteiger partial charge in [0.1, 0.15) is 0 Å². The number of carbonyl (C=O) groups excluding carboxylic acids is 2. The van der Waals surface area contributed by atoms with Crippen molar-refractivity contribution in [3.63, 3.8) is 0 Å². The molecule has 0 radical (unpaired) electrons. The van der Waals surface area contributed by atoms with Crippen molar-refractivity contribution in [1.82, 2.24) is 0 Å². The van der Waals surface area contributed by atoms with Gasteiger partial charge in [0.15, 0.2) is 11.5 Å². The Morgan fingerprint density at radius 2 is 1.40 bits per heavy atom. The molecule has 3 aromatic rings. The van der Waals surface area contributed by atoms with Gasteiger partial charge in [-0.05, 0) is 41.1 Å². The SMILES string of the molecule is COC(=O)c1ccc(OC(=O)c2ccc3ccccc3c2)c(OC)c1. The Morgan fingerprint density at radius 3 is 2.12 bits per heavy atom. The molecule has 3 aromatic carbocycles. The summed E-state index contributed by atoms with van der Waals surface area (Å²) in [5.41, 5.74) is 0.739. The van der Waals surface area contributed by atoms with Crippen molar-refractivity contribution in [3.8, 4) is 11.5 Å². The highest BCUT2D eigenvalue weighted by Crippen LogP contribution is 2.29. The molecular weight excluding hydrogens is 320 g/mol. The lowest BCUT2D eigenvalue weighted by molar-refractivity contribution is 0.0600. The molecule has 0 aromatic heterocycles. The zero-order valence-corrected chi connectivity index (χ0v) is 13.8. The number of hydrogen-bond acceptors (Lipinski definition) is 5. The van der Waals surface area contributed by atoms with E-state index in [1.165, 1.54) is 32.4 Å². The Morgan fingerprint density at radius 1 is 0.720 bits per heavy atom. The Kier molecular flexibility index (Phi) is 4.66. The van der Waals surface area contributed by atoms with Crippen molar-refractivity contribution in [2.75, 3.05) is 14.2 Å². The van der Waals surface area contributed by atoms with E-state index in [-0.39, 0.29) is 11.5 Å². The predicted molar refractivity (Wildman–Crippen MR) is 93.2 cm³/mol. The van der Waals surface area contributed by atoms with Crippen LogP contribution in [0.5, 0.6) is 11.5 Å².